The van der Waals surface area contributed by atoms with Crippen molar-refractivity contribution in [3.8, 4) is 0 Å². The van der Waals surface area contributed by atoms with Crippen molar-refractivity contribution in [1.29, 1.82) is 0 Å². The molecule has 0 aliphatic rings. The maximum absolute atomic E-state index is 2.00. The van der Waals surface area contributed by atoms with Crippen LogP contribution in [0.5, 0.6) is 0 Å². The van der Waals surface area contributed by atoms with Gasteiger partial charge in [-0.2, -0.15) is 18.2 Å². The van der Waals surface area contributed by atoms with Crippen molar-refractivity contribution in [3.63, 3.8) is 0 Å². The van der Waals surface area contributed by atoms with Gasteiger partial charge in [-0.3, -0.25) is 0 Å². The molecule has 0 aliphatic carbocycles. The van der Waals surface area contributed by atoms with Crippen molar-refractivity contribution >= 4 is 0 Å². The molecule has 1 radical (unpaired) electrons. The summed E-state index contributed by atoms with van der Waals surface area (Å²) in [6, 6.07) is 10.0. The largest absolute Gasteiger partial charge is 3.00 e. The summed E-state index contributed by atoms with van der Waals surface area (Å²) < 4.78 is 0. The fraction of sp³-hybridized carbons (Fsp3) is 0. The molecule has 0 amide bonds. The van der Waals surface area contributed by atoms with Crippen molar-refractivity contribution in [2.75, 3.05) is 0 Å². The van der Waals surface area contributed by atoms with Crippen LogP contribution in [0.15, 0.2) is 30.3 Å². The van der Waals surface area contributed by atoms with Crippen LogP contribution in [0.1, 0.15) is 0 Å². The summed E-state index contributed by atoms with van der Waals surface area (Å²) in [5.41, 5.74) is 0. The summed E-state index contributed by atoms with van der Waals surface area (Å²) in [6.45, 7) is 0. The molecule has 0 fully saturated rings. The number of rotatable bonds is 0. The first kappa shape index (κ1) is 29.9. The number of hydrogen-bond donors (Lipinski definition) is 0. The van der Waals surface area contributed by atoms with E-state index in [0.717, 1.165) is 0 Å². The molecule has 0 saturated carbocycles. The van der Waals surface area contributed by atoms with Crippen molar-refractivity contribution in [3.05, 3.63) is 37.8 Å². The second kappa shape index (κ2) is 22.4. The summed E-state index contributed by atoms with van der Waals surface area (Å²) in [6.07, 6.45) is 0. The van der Waals surface area contributed by atoms with Crippen molar-refractivity contribution < 1.29 is 77.1 Å². The molecule has 0 unspecified atom stereocenters. The predicted molar refractivity (Wildman–Crippen MR) is 28.4 cm³/mol. The Morgan fingerprint density at radius 1 is 0.800 bits per heavy atom. The predicted octanol–water partition coefficient (Wildman–Crippen LogP) is -7.13. The van der Waals surface area contributed by atoms with E-state index in [2.05, 4.69) is 0 Å². The Kier molecular flexibility index (Phi) is 67.0. The standard InChI is InChI=1S/C5H5.CH3.3BrH.Zr/c1-2-4-5-3-1;;;;;/h1-5H;1H3;3*1H;/q2*-1;;;;+3/p-3. The Labute approximate surface area is 114 Å². The zero-order valence-electron chi connectivity index (χ0n) is 5.52. The topological polar surface area (TPSA) is 0 Å². The van der Waals surface area contributed by atoms with Crippen LogP contribution in [-0.4, -0.2) is 0 Å². The van der Waals surface area contributed by atoms with E-state index in [1.165, 1.54) is 0 Å². The molecule has 1 aromatic carbocycles. The smallest absolute Gasteiger partial charge is 1.00 e. The molecule has 0 saturated heterocycles. The van der Waals surface area contributed by atoms with Gasteiger partial charge >= 0.3 is 26.2 Å². The van der Waals surface area contributed by atoms with Crippen LogP contribution in [0.25, 0.3) is 0 Å². The third kappa shape index (κ3) is 16.3. The third-order valence-electron chi connectivity index (χ3n) is 0.556. The molecule has 1 aromatic rings. The van der Waals surface area contributed by atoms with Gasteiger partial charge in [-0.15, -0.1) is 0 Å². The van der Waals surface area contributed by atoms with Crippen molar-refractivity contribution in [2.45, 2.75) is 0 Å². The molecule has 0 bridgehead atoms. The monoisotopic (exact) mass is 407 g/mol. The summed E-state index contributed by atoms with van der Waals surface area (Å²) in [7, 11) is 0. The van der Waals surface area contributed by atoms with Gasteiger partial charge in [0.1, 0.15) is 0 Å². The van der Waals surface area contributed by atoms with E-state index in [4.69, 9.17) is 0 Å². The molecule has 0 spiro atoms. The van der Waals surface area contributed by atoms with Gasteiger partial charge in [0.2, 0.25) is 0 Å². The summed E-state index contributed by atoms with van der Waals surface area (Å²) in [5, 5.41) is 0. The maximum Gasteiger partial charge on any atom is 3.00 e. The van der Waals surface area contributed by atoms with Gasteiger partial charge < -0.3 is 58.4 Å². The SMILES string of the molecule is [Br-].[Br-].[Br-].[CH3-].[Zr+3].c1cc[cH-]c1. The summed E-state index contributed by atoms with van der Waals surface area (Å²) >= 11 is 0. The van der Waals surface area contributed by atoms with Crippen LogP contribution in [-0.2, 0) is 26.2 Å². The van der Waals surface area contributed by atoms with Crippen LogP contribution in [0, 0.1) is 7.43 Å². The Morgan fingerprint density at radius 2 is 1.10 bits per heavy atom. The Morgan fingerprint density at radius 3 is 1.20 bits per heavy atom. The van der Waals surface area contributed by atoms with E-state index in [9.17, 15) is 0 Å². The molecule has 0 aliphatic heterocycles. The quantitative estimate of drug-likeness (QED) is 0.373. The first-order chi connectivity index (χ1) is 2.50. The van der Waals surface area contributed by atoms with Crippen LogP contribution >= 0.6 is 0 Å². The summed E-state index contributed by atoms with van der Waals surface area (Å²) in [5.74, 6) is 0. The fourth-order valence-corrected chi connectivity index (χ4v) is 0.321. The Balaban J connectivity index is -0.0000000167. The summed E-state index contributed by atoms with van der Waals surface area (Å²) in [4.78, 5) is 0. The maximum atomic E-state index is 2.00. The van der Waals surface area contributed by atoms with Crippen LogP contribution in [0.2, 0.25) is 0 Å². The molecule has 1 rings (SSSR count). The molecule has 0 heterocycles. The molecular weight excluding hydrogens is 403 g/mol. The van der Waals surface area contributed by atoms with Gasteiger partial charge in [-0.05, 0) is 0 Å². The normalized spacial score (nSPS) is 4.00. The molecule has 0 atom stereocenters. The van der Waals surface area contributed by atoms with E-state index in [0.29, 0.717) is 0 Å². The second-order valence-electron chi connectivity index (χ2n) is 0.962. The minimum atomic E-state index is 0. The second-order valence-corrected chi connectivity index (χ2v) is 0.962. The van der Waals surface area contributed by atoms with E-state index in [1.807, 2.05) is 30.3 Å². The molecule has 59 valence electrons. The molecule has 0 nitrogen and oxygen atoms in total. The van der Waals surface area contributed by atoms with Gasteiger partial charge in [0.05, 0.1) is 0 Å². The first-order valence-electron chi connectivity index (χ1n) is 1.67. The van der Waals surface area contributed by atoms with Crippen molar-refractivity contribution in [2.24, 2.45) is 0 Å². The minimum Gasteiger partial charge on any atom is -1.00 e. The molecular formula is C6H8Br3Zr-2. The van der Waals surface area contributed by atoms with E-state index in [-0.39, 0.29) is 84.6 Å². The zero-order valence-corrected chi connectivity index (χ0v) is 12.7. The van der Waals surface area contributed by atoms with Gasteiger partial charge in [0.25, 0.3) is 0 Å². The Bertz CT molecular complexity index is 69.5. The molecule has 0 N–H and O–H groups in total. The van der Waals surface area contributed by atoms with Crippen LogP contribution in [0.4, 0.5) is 0 Å². The molecule has 10 heavy (non-hydrogen) atoms. The number of hydrogen-bond acceptors (Lipinski definition) is 0. The van der Waals surface area contributed by atoms with Gasteiger partial charge in [-0.1, -0.05) is 0 Å². The molecule has 4 heteroatoms. The average molecular weight is 411 g/mol. The fourth-order valence-electron chi connectivity index (χ4n) is 0.321. The number of halogens is 3. The van der Waals surface area contributed by atoms with Crippen LogP contribution in [0.3, 0.4) is 0 Å². The van der Waals surface area contributed by atoms with Crippen molar-refractivity contribution in [1.82, 2.24) is 0 Å². The van der Waals surface area contributed by atoms with Gasteiger partial charge in [-0.25, -0.2) is 12.1 Å². The average Bonchev–Trinajstić information content (AvgIpc) is 1.76. The van der Waals surface area contributed by atoms with Crippen LogP contribution < -0.4 is 50.9 Å². The van der Waals surface area contributed by atoms with Gasteiger partial charge in [0, 0.05) is 0 Å². The van der Waals surface area contributed by atoms with E-state index in [1.54, 1.807) is 0 Å². The van der Waals surface area contributed by atoms with E-state index >= 15 is 0 Å². The van der Waals surface area contributed by atoms with E-state index < -0.39 is 0 Å². The minimum absolute atomic E-state index is 0. The Hall–Kier alpha value is 1.67. The third-order valence-corrected chi connectivity index (χ3v) is 0.556. The zero-order chi connectivity index (χ0) is 3.54. The molecule has 0 aromatic heterocycles. The first-order valence-corrected chi connectivity index (χ1v) is 1.67. The van der Waals surface area contributed by atoms with Gasteiger partial charge in [0.15, 0.2) is 0 Å².